The molecule has 1 aliphatic heterocycles. The SMILES string of the molecule is COC(=O)CC1c2[nH]c3ccccc3c2CCN1C(=O)OC(C)(C)C. The summed E-state index contributed by atoms with van der Waals surface area (Å²) in [4.78, 5) is 29.6. The van der Waals surface area contributed by atoms with Gasteiger partial charge in [0.25, 0.3) is 0 Å². The van der Waals surface area contributed by atoms with Gasteiger partial charge in [-0.25, -0.2) is 4.79 Å². The Hall–Kier alpha value is -2.50. The van der Waals surface area contributed by atoms with Crippen LogP contribution in [0.25, 0.3) is 10.9 Å². The second-order valence-electron chi connectivity index (χ2n) is 7.28. The molecule has 0 saturated carbocycles. The highest BCUT2D eigenvalue weighted by molar-refractivity contribution is 5.86. The Balaban J connectivity index is 2.00. The molecule has 2 aromatic rings. The topological polar surface area (TPSA) is 71.6 Å². The van der Waals surface area contributed by atoms with Crippen LogP contribution in [0, 0.1) is 0 Å². The van der Waals surface area contributed by atoms with Crippen LogP contribution in [0.5, 0.6) is 0 Å². The summed E-state index contributed by atoms with van der Waals surface area (Å²) in [6.07, 6.45) is 0.400. The van der Waals surface area contributed by atoms with Crippen molar-refractivity contribution in [1.82, 2.24) is 9.88 Å². The fourth-order valence-electron chi connectivity index (χ4n) is 3.31. The lowest BCUT2D eigenvalue weighted by Gasteiger charge is -2.36. The molecule has 1 aromatic carbocycles. The number of ether oxygens (including phenoxy) is 2. The summed E-state index contributed by atoms with van der Waals surface area (Å²) in [5.74, 6) is -0.356. The van der Waals surface area contributed by atoms with Crippen LogP contribution in [0.15, 0.2) is 24.3 Å². The lowest BCUT2D eigenvalue weighted by atomic mass is 9.95. The third-order valence-electron chi connectivity index (χ3n) is 4.37. The molecule has 6 nitrogen and oxygen atoms in total. The number of amides is 1. The lowest BCUT2D eigenvalue weighted by Crippen LogP contribution is -2.43. The standard InChI is InChI=1S/C19H24N2O4/c1-19(2,3)25-18(23)21-10-9-13-12-7-5-6-8-14(12)20-17(13)15(21)11-16(22)24-4/h5-8,15,20H,9-11H2,1-4H3. The van der Waals surface area contributed by atoms with Crippen molar-refractivity contribution in [3.63, 3.8) is 0 Å². The second kappa shape index (κ2) is 6.43. The normalized spacial score (nSPS) is 17.3. The second-order valence-corrected chi connectivity index (χ2v) is 7.28. The average molecular weight is 344 g/mol. The number of carbonyl (C=O) groups is 2. The largest absolute Gasteiger partial charge is 0.469 e. The molecule has 1 aromatic heterocycles. The highest BCUT2D eigenvalue weighted by Gasteiger charge is 2.37. The Bertz CT molecular complexity index is 803. The Morgan fingerprint density at radius 2 is 2.00 bits per heavy atom. The van der Waals surface area contributed by atoms with E-state index in [1.807, 2.05) is 39.0 Å². The molecular formula is C19H24N2O4. The molecule has 0 spiro atoms. The minimum atomic E-state index is -0.590. The van der Waals surface area contributed by atoms with Crippen LogP contribution < -0.4 is 0 Å². The highest BCUT2D eigenvalue weighted by Crippen LogP contribution is 2.37. The number of methoxy groups -OCH3 is 1. The number of H-pyrrole nitrogens is 1. The molecule has 0 radical (unpaired) electrons. The van der Waals surface area contributed by atoms with E-state index in [4.69, 9.17) is 9.47 Å². The smallest absolute Gasteiger partial charge is 0.410 e. The van der Waals surface area contributed by atoms with Crippen molar-refractivity contribution in [2.45, 2.75) is 45.3 Å². The van der Waals surface area contributed by atoms with Crippen LogP contribution >= 0.6 is 0 Å². The number of hydrogen-bond donors (Lipinski definition) is 1. The third kappa shape index (κ3) is 3.48. The molecule has 0 bridgehead atoms. The summed E-state index contributed by atoms with van der Waals surface area (Å²) in [5, 5.41) is 1.14. The molecule has 0 saturated heterocycles. The highest BCUT2D eigenvalue weighted by atomic mass is 16.6. The van der Waals surface area contributed by atoms with Gasteiger partial charge in [0.05, 0.1) is 19.6 Å². The summed E-state index contributed by atoms with van der Waals surface area (Å²) in [7, 11) is 1.36. The number of benzene rings is 1. The first-order chi connectivity index (χ1) is 11.8. The number of esters is 1. The predicted octanol–water partition coefficient (Wildman–Crippen LogP) is 3.57. The average Bonchev–Trinajstić information content (AvgIpc) is 2.92. The molecule has 25 heavy (non-hydrogen) atoms. The Labute approximate surface area is 147 Å². The quantitative estimate of drug-likeness (QED) is 0.846. The van der Waals surface area contributed by atoms with Gasteiger partial charge < -0.3 is 14.5 Å². The van der Waals surface area contributed by atoms with Gasteiger partial charge in [0.1, 0.15) is 5.60 Å². The summed E-state index contributed by atoms with van der Waals surface area (Å²) >= 11 is 0. The summed E-state index contributed by atoms with van der Waals surface area (Å²) in [5.41, 5.74) is 2.47. The van der Waals surface area contributed by atoms with E-state index >= 15 is 0 Å². The van der Waals surface area contributed by atoms with E-state index in [0.29, 0.717) is 6.54 Å². The van der Waals surface area contributed by atoms with Crippen molar-refractivity contribution in [2.75, 3.05) is 13.7 Å². The molecule has 0 fully saturated rings. The molecule has 134 valence electrons. The van der Waals surface area contributed by atoms with Crippen molar-refractivity contribution in [3.05, 3.63) is 35.5 Å². The van der Waals surface area contributed by atoms with E-state index in [2.05, 4.69) is 11.1 Å². The van der Waals surface area contributed by atoms with Crippen LogP contribution in [0.3, 0.4) is 0 Å². The Morgan fingerprint density at radius 1 is 1.28 bits per heavy atom. The predicted molar refractivity (Wildman–Crippen MR) is 94.3 cm³/mol. The van der Waals surface area contributed by atoms with Gasteiger partial charge in [0.2, 0.25) is 0 Å². The van der Waals surface area contributed by atoms with Gasteiger partial charge in [-0.3, -0.25) is 9.69 Å². The van der Waals surface area contributed by atoms with Gasteiger partial charge in [-0.05, 0) is 38.8 Å². The third-order valence-corrected chi connectivity index (χ3v) is 4.37. The minimum absolute atomic E-state index is 0.0928. The van der Waals surface area contributed by atoms with Gasteiger partial charge in [-0.15, -0.1) is 0 Å². The number of hydrogen-bond acceptors (Lipinski definition) is 4. The number of aromatic nitrogens is 1. The first kappa shape index (κ1) is 17.3. The van der Waals surface area contributed by atoms with Crippen LogP contribution in [-0.4, -0.2) is 41.2 Å². The zero-order valence-electron chi connectivity index (χ0n) is 15.1. The van der Waals surface area contributed by atoms with Crippen LogP contribution in [0.4, 0.5) is 4.79 Å². The number of fused-ring (bicyclic) bond motifs is 3. The van der Waals surface area contributed by atoms with E-state index in [-0.39, 0.29) is 12.4 Å². The zero-order valence-corrected chi connectivity index (χ0v) is 15.1. The van der Waals surface area contributed by atoms with Crippen molar-refractivity contribution >= 4 is 23.0 Å². The van der Waals surface area contributed by atoms with E-state index in [9.17, 15) is 9.59 Å². The fourth-order valence-corrected chi connectivity index (χ4v) is 3.31. The summed E-state index contributed by atoms with van der Waals surface area (Å²) in [6.45, 7) is 6.00. The maximum Gasteiger partial charge on any atom is 0.410 e. The van der Waals surface area contributed by atoms with Gasteiger partial charge in [0, 0.05) is 23.1 Å². The maximum absolute atomic E-state index is 12.7. The molecule has 1 aliphatic rings. The molecule has 1 amide bonds. The summed E-state index contributed by atoms with van der Waals surface area (Å²) in [6, 6.07) is 7.60. The van der Waals surface area contributed by atoms with Crippen LogP contribution in [-0.2, 0) is 20.7 Å². The maximum atomic E-state index is 12.7. The number of aromatic amines is 1. The van der Waals surface area contributed by atoms with Gasteiger partial charge in [-0.1, -0.05) is 18.2 Å². The zero-order chi connectivity index (χ0) is 18.2. The van der Waals surface area contributed by atoms with Crippen LogP contribution in [0.2, 0.25) is 0 Å². The molecule has 0 aliphatic carbocycles. The van der Waals surface area contributed by atoms with Crippen LogP contribution in [0.1, 0.15) is 44.5 Å². The van der Waals surface area contributed by atoms with Gasteiger partial charge >= 0.3 is 12.1 Å². The van der Waals surface area contributed by atoms with Crippen molar-refractivity contribution in [1.29, 1.82) is 0 Å². The Kier molecular flexibility index (Phi) is 4.45. The van der Waals surface area contributed by atoms with E-state index in [0.717, 1.165) is 28.6 Å². The number of nitrogens with one attached hydrogen (secondary N) is 1. The fraction of sp³-hybridized carbons (Fsp3) is 0.474. The van der Waals surface area contributed by atoms with Crippen molar-refractivity contribution in [2.24, 2.45) is 0 Å². The number of para-hydroxylation sites is 1. The molecule has 2 heterocycles. The summed E-state index contributed by atoms with van der Waals surface area (Å²) < 4.78 is 10.4. The number of carbonyl (C=O) groups excluding carboxylic acids is 2. The van der Waals surface area contributed by atoms with E-state index in [1.165, 1.54) is 7.11 Å². The first-order valence-corrected chi connectivity index (χ1v) is 8.46. The molecule has 1 unspecified atom stereocenters. The van der Waals surface area contributed by atoms with Gasteiger partial charge in [-0.2, -0.15) is 0 Å². The van der Waals surface area contributed by atoms with Crippen molar-refractivity contribution in [3.8, 4) is 0 Å². The molecule has 6 heteroatoms. The number of rotatable bonds is 2. The molecule has 1 atom stereocenters. The molecule has 1 N–H and O–H groups in total. The number of nitrogens with zero attached hydrogens (tertiary/aromatic N) is 1. The first-order valence-electron chi connectivity index (χ1n) is 8.46. The van der Waals surface area contributed by atoms with Gasteiger partial charge in [0.15, 0.2) is 0 Å². The lowest BCUT2D eigenvalue weighted by molar-refractivity contribution is -0.142. The minimum Gasteiger partial charge on any atom is -0.469 e. The van der Waals surface area contributed by atoms with Crippen molar-refractivity contribution < 1.29 is 19.1 Å². The van der Waals surface area contributed by atoms with E-state index < -0.39 is 17.7 Å². The molecular weight excluding hydrogens is 320 g/mol. The monoisotopic (exact) mass is 344 g/mol. The van der Waals surface area contributed by atoms with E-state index in [1.54, 1.807) is 4.90 Å². The molecule has 3 rings (SSSR count). The Morgan fingerprint density at radius 3 is 2.68 bits per heavy atom.